The predicted octanol–water partition coefficient (Wildman–Crippen LogP) is 4.33. The van der Waals surface area contributed by atoms with E-state index >= 15 is 0 Å². The number of ether oxygens (including phenoxy) is 2. The van der Waals surface area contributed by atoms with Gasteiger partial charge in [0.1, 0.15) is 22.6 Å². The second-order valence-electron chi connectivity index (χ2n) is 6.76. The molecule has 0 aliphatic rings. The van der Waals surface area contributed by atoms with Crippen LogP contribution in [0.5, 0.6) is 11.5 Å². The normalized spacial score (nSPS) is 11.3. The van der Waals surface area contributed by atoms with Gasteiger partial charge in [-0.05, 0) is 29.8 Å². The molecule has 0 fully saturated rings. The fourth-order valence-electron chi connectivity index (χ4n) is 2.90. The van der Waals surface area contributed by atoms with E-state index in [0.717, 1.165) is 11.3 Å². The first-order valence-electron chi connectivity index (χ1n) is 9.29. The number of benzene rings is 2. The van der Waals surface area contributed by atoms with Crippen molar-refractivity contribution < 1.29 is 18.7 Å². The summed E-state index contributed by atoms with van der Waals surface area (Å²) in [5.41, 5.74) is 1.62. The lowest BCUT2D eigenvalue weighted by atomic mass is 10.1. The molecule has 0 bridgehead atoms. The maximum atomic E-state index is 12.5. The van der Waals surface area contributed by atoms with E-state index in [4.69, 9.17) is 13.9 Å². The van der Waals surface area contributed by atoms with Crippen molar-refractivity contribution >= 4 is 28.5 Å². The van der Waals surface area contributed by atoms with Crippen LogP contribution in [-0.4, -0.2) is 34.1 Å². The van der Waals surface area contributed by atoms with Gasteiger partial charge < -0.3 is 18.8 Å². The van der Waals surface area contributed by atoms with E-state index in [1.165, 1.54) is 26.4 Å². The van der Waals surface area contributed by atoms with Gasteiger partial charge in [-0.15, -0.1) is 0 Å². The van der Waals surface area contributed by atoms with Gasteiger partial charge in [0.25, 0.3) is 0 Å². The van der Waals surface area contributed by atoms with E-state index in [9.17, 15) is 9.59 Å². The number of fused-ring (bicyclic) bond motifs is 1. The Morgan fingerprint density at radius 1 is 1.00 bits per heavy atom. The number of methoxy groups -OCH3 is 2. The molecule has 0 atom stereocenters. The molecule has 30 heavy (non-hydrogen) atoms. The van der Waals surface area contributed by atoms with Crippen molar-refractivity contribution in [1.29, 1.82) is 0 Å². The zero-order valence-electron chi connectivity index (χ0n) is 17.3. The summed E-state index contributed by atoms with van der Waals surface area (Å²) in [6, 6.07) is 12.7. The highest BCUT2D eigenvalue weighted by Gasteiger charge is 2.15. The van der Waals surface area contributed by atoms with E-state index in [-0.39, 0.29) is 11.1 Å². The average Bonchev–Trinajstić information content (AvgIpc) is 2.75. The van der Waals surface area contributed by atoms with Gasteiger partial charge in [-0.1, -0.05) is 30.4 Å². The Kier molecular flexibility index (Phi) is 6.37. The van der Waals surface area contributed by atoms with Crippen LogP contribution < -0.4 is 20.0 Å². The van der Waals surface area contributed by atoms with Crippen LogP contribution >= 0.6 is 0 Å². The van der Waals surface area contributed by atoms with Gasteiger partial charge in [0.05, 0.1) is 19.6 Å². The van der Waals surface area contributed by atoms with Crippen LogP contribution in [0.15, 0.2) is 69.9 Å². The van der Waals surface area contributed by atoms with E-state index in [1.54, 1.807) is 24.3 Å². The van der Waals surface area contributed by atoms with Crippen LogP contribution in [0.4, 0.5) is 5.69 Å². The molecule has 1 aromatic heterocycles. The number of ketones is 1. The van der Waals surface area contributed by atoms with Crippen molar-refractivity contribution in [3.63, 3.8) is 0 Å². The van der Waals surface area contributed by atoms with Crippen LogP contribution in [0.3, 0.4) is 0 Å². The van der Waals surface area contributed by atoms with E-state index in [2.05, 4.69) is 0 Å². The predicted molar refractivity (Wildman–Crippen MR) is 119 cm³/mol. The average molecular weight is 405 g/mol. The summed E-state index contributed by atoms with van der Waals surface area (Å²) >= 11 is 0. The van der Waals surface area contributed by atoms with E-state index < -0.39 is 11.4 Å². The lowest BCUT2D eigenvalue weighted by Crippen LogP contribution is -2.12. The van der Waals surface area contributed by atoms with E-state index in [0.29, 0.717) is 16.9 Å². The Hall–Kier alpha value is -3.80. The molecule has 0 aliphatic heterocycles. The topological polar surface area (TPSA) is 69.0 Å². The molecule has 2 aromatic carbocycles. The third kappa shape index (κ3) is 4.60. The molecule has 0 spiro atoms. The first-order chi connectivity index (χ1) is 14.4. The highest BCUT2D eigenvalue weighted by atomic mass is 16.5. The highest BCUT2D eigenvalue weighted by molar-refractivity contribution is 6.06. The molecule has 0 aliphatic carbocycles. The first-order valence-corrected chi connectivity index (χ1v) is 9.29. The minimum absolute atomic E-state index is 0.0639. The quantitative estimate of drug-likeness (QED) is 0.252. The van der Waals surface area contributed by atoms with Crippen molar-refractivity contribution in [2.75, 3.05) is 33.2 Å². The van der Waals surface area contributed by atoms with Crippen molar-refractivity contribution in [3.8, 4) is 11.5 Å². The fraction of sp³-hybridized carbons (Fsp3) is 0.167. The van der Waals surface area contributed by atoms with Gasteiger partial charge in [-0.3, -0.25) is 4.79 Å². The molecule has 0 saturated heterocycles. The smallest absolute Gasteiger partial charge is 0.347 e. The van der Waals surface area contributed by atoms with Gasteiger partial charge in [0, 0.05) is 31.9 Å². The minimum Gasteiger partial charge on any atom is -0.496 e. The molecule has 154 valence electrons. The number of nitrogens with zero attached hydrogens (tertiary/aromatic N) is 1. The number of rotatable bonds is 7. The first kappa shape index (κ1) is 20.9. The molecule has 0 radical (unpaired) electrons. The number of anilines is 1. The number of allylic oxidation sites excluding steroid dienone is 3. The lowest BCUT2D eigenvalue weighted by molar-refractivity contribution is 0.104. The molecule has 0 amide bonds. The van der Waals surface area contributed by atoms with Gasteiger partial charge in [0.2, 0.25) is 0 Å². The van der Waals surface area contributed by atoms with Crippen LogP contribution in [0.25, 0.3) is 17.0 Å². The summed E-state index contributed by atoms with van der Waals surface area (Å²) in [5, 5.41) is 0.520. The van der Waals surface area contributed by atoms with Gasteiger partial charge in [0.15, 0.2) is 5.78 Å². The summed E-state index contributed by atoms with van der Waals surface area (Å²) in [4.78, 5) is 26.8. The van der Waals surface area contributed by atoms with Crippen molar-refractivity contribution in [2.24, 2.45) is 0 Å². The van der Waals surface area contributed by atoms with E-state index in [1.807, 2.05) is 49.3 Å². The van der Waals surface area contributed by atoms with Crippen LogP contribution in [0, 0.1) is 0 Å². The second kappa shape index (κ2) is 9.13. The summed E-state index contributed by atoms with van der Waals surface area (Å²) < 4.78 is 15.8. The minimum atomic E-state index is -0.712. The Morgan fingerprint density at radius 3 is 2.37 bits per heavy atom. The Balaban J connectivity index is 1.82. The Bertz CT molecular complexity index is 1170. The van der Waals surface area contributed by atoms with Crippen molar-refractivity contribution in [3.05, 3.63) is 82.2 Å². The molecular formula is C24H23NO5. The molecule has 0 saturated carbocycles. The van der Waals surface area contributed by atoms with Gasteiger partial charge >= 0.3 is 5.63 Å². The molecule has 6 heteroatoms. The van der Waals surface area contributed by atoms with Gasteiger partial charge in [-0.25, -0.2) is 4.79 Å². The molecule has 0 unspecified atom stereocenters. The van der Waals surface area contributed by atoms with Crippen molar-refractivity contribution in [2.45, 2.75) is 0 Å². The summed E-state index contributed by atoms with van der Waals surface area (Å²) in [5.74, 6) is 0.494. The SMILES string of the molecule is COc1cc(OC)c2cc(C(=O)C=C/C=C/c3ccc(N(C)C)cc3)c(=O)oc2c1. The molecular weight excluding hydrogens is 382 g/mol. The molecule has 6 nitrogen and oxygen atoms in total. The Morgan fingerprint density at radius 2 is 1.73 bits per heavy atom. The van der Waals surface area contributed by atoms with Crippen LogP contribution in [0.2, 0.25) is 0 Å². The second-order valence-corrected chi connectivity index (χ2v) is 6.76. The molecule has 3 aromatic rings. The molecule has 1 heterocycles. The number of carbonyl (C=O) groups is 1. The zero-order chi connectivity index (χ0) is 21.7. The van der Waals surface area contributed by atoms with Crippen molar-refractivity contribution in [1.82, 2.24) is 0 Å². The molecule has 0 N–H and O–H groups in total. The molecule has 3 rings (SSSR count). The number of hydrogen-bond acceptors (Lipinski definition) is 6. The van der Waals surface area contributed by atoms with Crippen LogP contribution in [-0.2, 0) is 0 Å². The number of carbonyl (C=O) groups excluding carboxylic acids is 1. The highest BCUT2D eigenvalue weighted by Crippen LogP contribution is 2.30. The van der Waals surface area contributed by atoms with Gasteiger partial charge in [-0.2, -0.15) is 0 Å². The summed E-state index contributed by atoms with van der Waals surface area (Å²) in [6.07, 6.45) is 6.55. The lowest BCUT2D eigenvalue weighted by Gasteiger charge is -2.11. The zero-order valence-corrected chi connectivity index (χ0v) is 17.3. The Labute approximate surface area is 174 Å². The fourth-order valence-corrected chi connectivity index (χ4v) is 2.90. The van der Waals surface area contributed by atoms with Crippen LogP contribution in [0.1, 0.15) is 15.9 Å². The largest absolute Gasteiger partial charge is 0.496 e. The number of hydrogen-bond donors (Lipinski definition) is 0. The monoisotopic (exact) mass is 405 g/mol. The standard InChI is InChI=1S/C24H23NO5/c1-25(2)17-11-9-16(10-12-17)7-5-6-8-21(26)19-15-20-22(29-4)13-18(28-3)14-23(20)30-24(19)27/h5-15H,1-4H3/b7-5+,8-6?. The summed E-state index contributed by atoms with van der Waals surface area (Å²) in [6.45, 7) is 0. The third-order valence-corrected chi connectivity index (χ3v) is 4.57. The maximum absolute atomic E-state index is 12.5. The summed E-state index contributed by atoms with van der Waals surface area (Å²) in [7, 11) is 6.96. The third-order valence-electron chi connectivity index (χ3n) is 4.57. The maximum Gasteiger partial charge on any atom is 0.347 e.